The first-order chi connectivity index (χ1) is 9.61. The van der Waals surface area contributed by atoms with Crippen molar-refractivity contribution in [2.45, 2.75) is 32.7 Å². The van der Waals surface area contributed by atoms with Crippen LogP contribution in [0.3, 0.4) is 0 Å². The van der Waals surface area contributed by atoms with Gasteiger partial charge in [0.05, 0.1) is 11.7 Å². The van der Waals surface area contributed by atoms with Crippen LogP contribution >= 0.6 is 11.5 Å². The molecule has 1 atom stereocenters. The van der Waals surface area contributed by atoms with Crippen LogP contribution in [-0.4, -0.2) is 15.5 Å². The van der Waals surface area contributed by atoms with Crippen LogP contribution in [0.15, 0.2) is 24.3 Å². The second kappa shape index (κ2) is 6.47. The smallest absolute Gasteiger partial charge is 0.265 e. The molecule has 1 aromatic heterocycles. The van der Waals surface area contributed by atoms with E-state index in [9.17, 15) is 4.79 Å². The largest absolute Gasteiger partial charge is 0.399 e. The van der Waals surface area contributed by atoms with Gasteiger partial charge >= 0.3 is 0 Å². The Labute approximate surface area is 122 Å². The summed E-state index contributed by atoms with van der Waals surface area (Å²) < 4.78 is 3.87. The van der Waals surface area contributed by atoms with Crippen molar-refractivity contribution in [3.8, 4) is 0 Å². The van der Waals surface area contributed by atoms with Gasteiger partial charge in [0.25, 0.3) is 5.91 Å². The highest BCUT2D eigenvalue weighted by Gasteiger charge is 2.18. The number of nitrogens with one attached hydrogen (secondary N) is 1. The first-order valence-electron chi connectivity index (χ1n) is 6.59. The summed E-state index contributed by atoms with van der Waals surface area (Å²) in [6.07, 6.45) is 1.71. The van der Waals surface area contributed by atoms with E-state index in [0.29, 0.717) is 10.6 Å². The average Bonchev–Trinajstić information content (AvgIpc) is 2.87. The topological polar surface area (TPSA) is 80.9 Å². The van der Waals surface area contributed by atoms with E-state index in [1.807, 2.05) is 31.2 Å². The SMILES string of the molecule is CCCc1nnsc1C(=O)NC(C)c1cccc(N)c1. The van der Waals surface area contributed by atoms with E-state index >= 15 is 0 Å². The van der Waals surface area contributed by atoms with Gasteiger partial charge in [-0.1, -0.05) is 30.0 Å². The van der Waals surface area contributed by atoms with Crippen molar-refractivity contribution in [1.29, 1.82) is 0 Å². The highest BCUT2D eigenvalue weighted by molar-refractivity contribution is 7.08. The zero-order chi connectivity index (χ0) is 14.5. The van der Waals surface area contributed by atoms with Gasteiger partial charge in [-0.25, -0.2) is 0 Å². The van der Waals surface area contributed by atoms with Crippen LogP contribution in [0.1, 0.15) is 47.2 Å². The van der Waals surface area contributed by atoms with E-state index in [1.165, 1.54) is 0 Å². The first kappa shape index (κ1) is 14.5. The molecule has 0 bridgehead atoms. The molecule has 1 aromatic carbocycles. The molecule has 5 nitrogen and oxygen atoms in total. The number of hydrogen-bond donors (Lipinski definition) is 2. The fourth-order valence-electron chi connectivity index (χ4n) is 1.96. The minimum atomic E-state index is -0.127. The molecule has 6 heteroatoms. The Morgan fingerprint density at radius 2 is 2.30 bits per heavy atom. The van der Waals surface area contributed by atoms with Gasteiger partial charge in [0.15, 0.2) is 0 Å². The molecule has 1 amide bonds. The molecule has 0 saturated heterocycles. The van der Waals surface area contributed by atoms with Crippen LogP contribution in [0.4, 0.5) is 5.69 Å². The molecular weight excluding hydrogens is 272 g/mol. The van der Waals surface area contributed by atoms with Crippen molar-refractivity contribution in [3.63, 3.8) is 0 Å². The highest BCUT2D eigenvalue weighted by atomic mass is 32.1. The highest BCUT2D eigenvalue weighted by Crippen LogP contribution is 2.18. The van der Waals surface area contributed by atoms with Crippen molar-refractivity contribution in [2.24, 2.45) is 0 Å². The molecule has 1 unspecified atom stereocenters. The molecule has 2 rings (SSSR count). The molecule has 0 aliphatic rings. The molecule has 0 aliphatic heterocycles. The van der Waals surface area contributed by atoms with E-state index < -0.39 is 0 Å². The summed E-state index contributed by atoms with van der Waals surface area (Å²) in [5.41, 5.74) is 8.20. The Hall–Kier alpha value is -1.95. The second-order valence-corrected chi connectivity index (χ2v) is 5.42. The van der Waals surface area contributed by atoms with Crippen molar-refractivity contribution >= 4 is 23.1 Å². The maximum absolute atomic E-state index is 12.3. The summed E-state index contributed by atoms with van der Waals surface area (Å²) in [6, 6.07) is 7.40. The van der Waals surface area contributed by atoms with Crippen LogP contribution in [0, 0.1) is 0 Å². The minimum Gasteiger partial charge on any atom is -0.399 e. The van der Waals surface area contributed by atoms with Crippen molar-refractivity contribution in [3.05, 3.63) is 40.4 Å². The van der Waals surface area contributed by atoms with Gasteiger partial charge in [0.2, 0.25) is 0 Å². The van der Waals surface area contributed by atoms with E-state index in [1.54, 1.807) is 0 Å². The number of nitrogens with two attached hydrogens (primary N) is 1. The number of amides is 1. The summed E-state index contributed by atoms with van der Waals surface area (Å²) in [4.78, 5) is 12.9. The predicted octanol–water partition coefficient (Wildman–Crippen LogP) is 2.56. The number of rotatable bonds is 5. The monoisotopic (exact) mass is 290 g/mol. The number of benzene rings is 1. The zero-order valence-corrected chi connectivity index (χ0v) is 12.4. The average molecular weight is 290 g/mol. The Morgan fingerprint density at radius 1 is 1.50 bits per heavy atom. The Morgan fingerprint density at radius 3 is 3.00 bits per heavy atom. The number of anilines is 1. The third-order valence-corrected chi connectivity index (χ3v) is 3.77. The normalized spacial score (nSPS) is 12.1. The fraction of sp³-hybridized carbons (Fsp3) is 0.357. The van der Waals surface area contributed by atoms with Crippen LogP contribution in [0.25, 0.3) is 0 Å². The number of aryl methyl sites for hydroxylation is 1. The van der Waals surface area contributed by atoms with Crippen LogP contribution in [0.2, 0.25) is 0 Å². The maximum Gasteiger partial charge on any atom is 0.265 e. The lowest BCUT2D eigenvalue weighted by Crippen LogP contribution is -2.26. The lowest BCUT2D eigenvalue weighted by Gasteiger charge is -2.14. The standard InChI is InChI=1S/C14H18N4OS/c1-3-5-12-13(20-18-17-12)14(19)16-9(2)10-6-4-7-11(15)8-10/h4,6-9H,3,5,15H2,1-2H3,(H,16,19). The van der Waals surface area contributed by atoms with Crippen molar-refractivity contribution < 1.29 is 4.79 Å². The maximum atomic E-state index is 12.3. The molecule has 0 aliphatic carbocycles. The van der Waals surface area contributed by atoms with Crippen molar-refractivity contribution in [1.82, 2.24) is 14.9 Å². The number of nitrogen functional groups attached to an aromatic ring is 1. The molecular formula is C14H18N4OS. The molecule has 20 heavy (non-hydrogen) atoms. The zero-order valence-electron chi connectivity index (χ0n) is 11.6. The van der Waals surface area contributed by atoms with E-state index in [2.05, 4.69) is 21.8 Å². The fourth-order valence-corrected chi connectivity index (χ4v) is 2.57. The third kappa shape index (κ3) is 3.33. The third-order valence-electron chi connectivity index (χ3n) is 3.01. The predicted molar refractivity (Wildman–Crippen MR) is 80.6 cm³/mol. The minimum absolute atomic E-state index is 0.109. The number of aromatic nitrogens is 2. The van der Waals surface area contributed by atoms with Gasteiger partial charge in [-0.3, -0.25) is 4.79 Å². The molecule has 106 valence electrons. The van der Waals surface area contributed by atoms with Gasteiger partial charge in [-0.05, 0) is 42.6 Å². The van der Waals surface area contributed by atoms with Gasteiger partial charge in [0, 0.05) is 5.69 Å². The summed E-state index contributed by atoms with van der Waals surface area (Å²) in [5.74, 6) is -0.127. The van der Waals surface area contributed by atoms with E-state index in [0.717, 1.165) is 35.6 Å². The summed E-state index contributed by atoms with van der Waals surface area (Å²) in [6.45, 7) is 3.98. The molecule has 0 saturated carbocycles. The number of carbonyl (C=O) groups excluding carboxylic acids is 1. The number of nitrogens with zero attached hydrogens (tertiary/aromatic N) is 2. The Bertz CT molecular complexity index is 596. The first-order valence-corrected chi connectivity index (χ1v) is 7.36. The molecule has 3 N–H and O–H groups in total. The van der Waals surface area contributed by atoms with Crippen LogP contribution in [-0.2, 0) is 6.42 Å². The molecule has 2 aromatic rings. The summed E-state index contributed by atoms with van der Waals surface area (Å²) in [5, 5.41) is 6.97. The van der Waals surface area contributed by atoms with Gasteiger partial charge in [0.1, 0.15) is 4.88 Å². The van der Waals surface area contributed by atoms with Gasteiger partial charge in [-0.2, -0.15) is 0 Å². The number of carbonyl (C=O) groups is 1. The van der Waals surface area contributed by atoms with E-state index in [4.69, 9.17) is 5.73 Å². The molecule has 1 heterocycles. The summed E-state index contributed by atoms with van der Waals surface area (Å²) in [7, 11) is 0. The van der Waals surface area contributed by atoms with Gasteiger partial charge in [-0.15, -0.1) is 5.10 Å². The molecule has 0 radical (unpaired) electrons. The quantitative estimate of drug-likeness (QED) is 0.829. The second-order valence-electron chi connectivity index (χ2n) is 4.66. The van der Waals surface area contributed by atoms with Crippen LogP contribution < -0.4 is 11.1 Å². The lowest BCUT2D eigenvalue weighted by atomic mass is 10.1. The Balaban J connectivity index is 2.09. The van der Waals surface area contributed by atoms with Gasteiger partial charge < -0.3 is 11.1 Å². The lowest BCUT2D eigenvalue weighted by molar-refractivity contribution is 0.0943. The molecule has 0 spiro atoms. The van der Waals surface area contributed by atoms with Crippen molar-refractivity contribution in [2.75, 3.05) is 5.73 Å². The summed E-state index contributed by atoms with van der Waals surface area (Å²) >= 11 is 1.14. The Kier molecular flexibility index (Phi) is 4.68. The van der Waals surface area contributed by atoms with Crippen LogP contribution in [0.5, 0.6) is 0 Å². The van der Waals surface area contributed by atoms with E-state index in [-0.39, 0.29) is 11.9 Å². The number of hydrogen-bond acceptors (Lipinski definition) is 5. The molecule has 0 fully saturated rings.